The number of alkyl halides is 2. The van der Waals surface area contributed by atoms with Gasteiger partial charge in [-0.2, -0.15) is 0 Å². The minimum Gasteiger partial charge on any atom is -0.374 e. The molecule has 2 atom stereocenters. The molecule has 0 radical (unpaired) electrons. The fraction of sp³-hybridized carbons (Fsp3) is 0.458. The van der Waals surface area contributed by atoms with Gasteiger partial charge in [-0.1, -0.05) is 6.07 Å². The van der Waals surface area contributed by atoms with E-state index in [1.807, 2.05) is 13.0 Å². The Kier molecular flexibility index (Phi) is 5.55. The van der Waals surface area contributed by atoms with Crippen molar-refractivity contribution in [2.75, 3.05) is 18.2 Å². The first-order valence-corrected chi connectivity index (χ1v) is 13.1. The number of ketones is 1. The number of ether oxygens (including phenoxy) is 1. The molecule has 1 aliphatic carbocycles. The van der Waals surface area contributed by atoms with Gasteiger partial charge < -0.3 is 10.1 Å². The van der Waals surface area contributed by atoms with Crippen LogP contribution in [-0.2, 0) is 32.2 Å². The maximum atomic E-state index is 13.4. The van der Waals surface area contributed by atoms with Gasteiger partial charge in [-0.15, -0.1) is 0 Å². The molecule has 3 heterocycles. The normalized spacial score (nSPS) is 22.9. The Morgan fingerprint density at radius 2 is 2.03 bits per heavy atom. The maximum absolute atomic E-state index is 13.4. The smallest absolute Gasteiger partial charge is 0.258 e. The third-order valence-corrected chi connectivity index (χ3v) is 7.53. The van der Waals surface area contributed by atoms with Crippen LogP contribution in [0.3, 0.4) is 0 Å². The molecule has 7 nitrogen and oxygen atoms in total. The van der Waals surface area contributed by atoms with Gasteiger partial charge in [0.15, 0.2) is 9.84 Å². The summed E-state index contributed by atoms with van der Waals surface area (Å²) in [6.07, 6.45) is 2.61. The highest BCUT2D eigenvalue weighted by atomic mass is 32.2. The molecule has 1 N–H and O–H groups in total. The van der Waals surface area contributed by atoms with E-state index >= 15 is 0 Å². The predicted molar refractivity (Wildman–Crippen MR) is 123 cm³/mol. The van der Waals surface area contributed by atoms with Gasteiger partial charge in [-0.05, 0) is 43.5 Å². The number of carbonyl (C=O) groups is 1. The lowest BCUT2D eigenvalue weighted by molar-refractivity contribution is -0.121. The third kappa shape index (κ3) is 4.48. The molecule has 0 amide bonds. The van der Waals surface area contributed by atoms with Gasteiger partial charge in [0.25, 0.3) is 5.92 Å². The number of carbonyl (C=O) groups excluding carboxylic acids is 1. The van der Waals surface area contributed by atoms with E-state index in [1.54, 1.807) is 18.2 Å². The summed E-state index contributed by atoms with van der Waals surface area (Å²) in [4.78, 5) is 21.5. The first-order chi connectivity index (χ1) is 16.0. The Morgan fingerprint density at radius 3 is 2.68 bits per heavy atom. The standard InChI is InChI=1S/C24H25F2N3O4S/c1-13-8-18-23(27-13)19(10-15(28-18)11-20(30)16-12-24(16,25)26)29-17-6-5-14(21-4-3-7-33-21)9-22(17)34(2,31)32/h5-6,9-10,16,21H,3-4,7-8,11-12H2,1-2H3,(H,28,29)/t16?,21-/m0/s1. The Labute approximate surface area is 196 Å². The largest absolute Gasteiger partial charge is 0.374 e. The highest BCUT2D eigenvalue weighted by Crippen LogP contribution is 2.49. The summed E-state index contributed by atoms with van der Waals surface area (Å²) < 4.78 is 57.6. The van der Waals surface area contributed by atoms with E-state index < -0.39 is 33.9 Å². The number of nitrogens with one attached hydrogen (secondary N) is 1. The van der Waals surface area contributed by atoms with Gasteiger partial charge in [-0.25, -0.2) is 17.2 Å². The molecule has 5 rings (SSSR count). The first-order valence-electron chi connectivity index (χ1n) is 11.2. The summed E-state index contributed by atoms with van der Waals surface area (Å²) in [6.45, 7) is 2.49. The number of pyridine rings is 1. The second-order valence-corrected chi connectivity index (χ2v) is 11.3. The number of aliphatic imine (C=N–C) groups is 1. The van der Waals surface area contributed by atoms with E-state index in [4.69, 9.17) is 4.74 Å². The molecule has 1 saturated carbocycles. The van der Waals surface area contributed by atoms with Crippen LogP contribution in [0.4, 0.5) is 25.8 Å². The fourth-order valence-electron chi connectivity index (χ4n) is 4.55. The molecule has 2 aromatic rings. The van der Waals surface area contributed by atoms with E-state index in [0.717, 1.165) is 30.4 Å². The molecule has 10 heteroatoms. The van der Waals surface area contributed by atoms with Crippen LogP contribution in [0.5, 0.6) is 0 Å². The summed E-state index contributed by atoms with van der Waals surface area (Å²) in [5.74, 6) is -4.72. The van der Waals surface area contributed by atoms with Crippen molar-refractivity contribution in [2.45, 2.75) is 55.9 Å². The third-order valence-electron chi connectivity index (χ3n) is 6.39. The van der Waals surface area contributed by atoms with E-state index in [2.05, 4.69) is 15.3 Å². The van der Waals surface area contributed by atoms with Crippen LogP contribution in [-0.4, -0.2) is 43.7 Å². The molecule has 1 unspecified atom stereocenters. The van der Waals surface area contributed by atoms with Crippen LogP contribution in [0.1, 0.15) is 49.2 Å². The molecular formula is C24H25F2N3O4S. The number of aromatic nitrogens is 1. The highest BCUT2D eigenvalue weighted by molar-refractivity contribution is 7.90. The number of nitrogens with zero attached hydrogens (tertiary/aromatic N) is 2. The van der Waals surface area contributed by atoms with Crippen molar-refractivity contribution in [3.63, 3.8) is 0 Å². The Hall–Kier alpha value is -2.72. The summed E-state index contributed by atoms with van der Waals surface area (Å²) in [6, 6.07) is 6.76. The Balaban J connectivity index is 1.50. The van der Waals surface area contributed by atoms with Gasteiger partial charge in [0.1, 0.15) is 11.5 Å². The van der Waals surface area contributed by atoms with Crippen LogP contribution in [0.25, 0.3) is 0 Å². The zero-order valence-electron chi connectivity index (χ0n) is 18.9. The van der Waals surface area contributed by atoms with Crippen LogP contribution >= 0.6 is 0 Å². The molecule has 1 aromatic carbocycles. The number of hydrogen-bond acceptors (Lipinski definition) is 7. The lowest BCUT2D eigenvalue weighted by Crippen LogP contribution is -2.12. The zero-order chi connectivity index (χ0) is 24.3. The van der Waals surface area contributed by atoms with Gasteiger partial charge in [0.2, 0.25) is 0 Å². The van der Waals surface area contributed by atoms with Crippen LogP contribution in [0, 0.1) is 5.92 Å². The van der Waals surface area contributed by atoms with E-state index in [1.165, 1.54) is 0 Å². The molecule has 2 fully saturated rings. The second kappa shape index (κ2) is 8.20. The average molecular weight is 490 g/mol. The van der Waals surface area contributed by atoms with Gasteiger partial charge in [0.05, 0.1) is 39.7 Å². The molecule has 180 valence electrons. The molecule has 2 aliphatic heterocycles. The summed E-state index contributed by atoms with van der Waals surface area (Å²) >= 11 is 0. The number of halogens is 2. The quantitative estimate of drug-likeness (QED) is 0.615. The summed E-state index contributed by atoms with van der Waals surface area (Å²) in [5.41, 5.74) is 4.02. The molecule has 1 saturated heterocycles. The highest BCUT2D eigenvalue weighted by Gasteiger charge is 2.60. The van der Waals surface area contributed by atoms with Gasteiger partial charge in [0, 0.05) is 37.8 Å². The Bertz CT molecular complexity index is 1320. The average Bonchev–Trinajstić information content (AvgIpc) is 3.12. The fourth-order valence-corrected chi connectivity index (χ4v) is 5.42. The van der Waals surface area contributed by atoms with Gasteiger partial charge in [-0.3, -0.25) is 14.8 Å². The maximum Gasteiger partial charge on any atom is 0.258 e. The van der Waals surface area contributed by atoms with Crippen molar-refractivity contribution in [3.8, 4) is 0 Å². The zero-order valence-corrected chi connectivity index (χ0v) is 19.7. The predicted octanol–water partition coefficient (Wildman–Crippen LogP) is 4.50. The van der Waals surface area contributed by atoms with Crippen LogP contribution < -0.4 is 5.32 Å². The number of rotatable bonds is 7. The van der Waals surface area contributed by atoms with Crippen molar-refractivity contribution < 1.29 is 26.7 Å². The SMILES string of the molecule is CC1=Nc2c(Nc3ccc([C@@H]4CCCO4)cc3S(C)(=O)=O)cc(CC(=O)C3CC3(F)F)nc2C1. The van der Waals surface area contributed by atoms with E-state index in [0.29, 0.717) is 41.5 Å². The molecule has 0 bridgehead atoms. The monoisotopic (exact) mass is 489 g/mol. The van der Waals surface area contributed by atoms with Crippen molar-refractivity contribution >= 4 is 38.4 Å². The minimum atomic E-state index is -3.58. The summed E-state index contributed by atoms with van der Waals surface area (Å²) in [7, 11) is -3.58. The lowest BCUT2D eigenvalue weighted by Gasteiger charge is -2.17. The lowest BCUT2D eigenvalue weighted by atomic mass is 10.1. The van der Waals surface area contributed by atoms with Crippen molar-refractivity contribution in [1.82, 2.24) is 4.98 Å². The van der Waals surface area contributed by atoms with Crippen LogP contribution in [0.15, 0.2) is 34.2 Å². The number of benzene rings is 1. The number of anilines is 2. The topological polar surface area (TPSA) is 97.7 Å². The molecule has 0 spiro atoms. The second-order valence-electron chi connectivity index (χ2n) is 9.30. The molecule has 34 heavy (non-hydrogen) atoms. The number of hydrogen-bond donors (Lipinski definition) is 1. The van der Waals surface area contributed by atoms with Crippen LogP contribution in [0.2, 0.25) is 0 Å². The number of Topliss-reactive ketones (excluding diaryl/α,β-unsaturated/α-hetero) is 1. The Morgan fingerprint density at radius 1 is 1.26 bits per heavy atom. The van der Waals surface area contributed by atoms with E-state index in [9.17, 15) is 22.0 Å². The number of fused-ring (bicyclic) bond motifs is 1. The molecule has 3 aliphatic rings. The number of sulfone groups is 1. The molecular weight excluding hydrogens is 464 g/mol. The minimum absolute atomic E-state index is 0.125. The summed E-state index contributed by atoms with van der Waals surface area (Å²) in [5, 5.41) is 3.17. The van der Waals surface area contributed by atoms with Crippen molar-refractivity contribution in [1.29, 1.82) is 0 Å². The molecule has 1 aromatic heterocycles. The first kappa shape index (κ1) is 23.0. The van der Waals surface area contributed by atoms with Crippen molar-refractivity contribution in [2.24, 2.45) is 10.9 Å². The van der Waals surface area contributed by atoms with Crippen molar-refractivity contribution in [3.05, 3.63) is 41.2 Å². The van der Waals surface area contributed by atoms with Gasteiger partial charge >= 0.3 is 0 Å². The van der Waals surface area contributed by atoms with E-state index in [-0.39, 0.29) is 17.4 Å².